The summed E-state index contributed by atoms with van der Waals surface area (Å²) < 4.78 is 5.22. The van der Waals surface area contributed by atoms with Crippen LogP contribution in [0.4, 0.5) is 5.69 Å². The Bertz CT molecular complexity index is 1040. The smallest absolute Gasteiger partial charge is 0.259 e. The number of aromatic amines is 1. The second-order valence-corrected chi connectivity index (χ2v) is 6.74. The summed E-state index contributed by atoms with van der Waals surface area (Å²) >= 11 is 5.99. The van der Waals surface area contributed by atoms with Crippen molar-refractivity contribution in [2.45, 2.75) is 19.8 Å². The lowest BCUT2D eigenvalue weighted by Gasteiger charge is -2.12. The van der Waals surface area contributed by atoms with Crippen molar-refractivity contribution in [1.82, 2.24) is 4.98 Å². The number of hydrogen-bond acceptors (Lipinski definition) is 3. The van der Waals surface area contributed by atoms with Crippen LogP contribution in [0.3, 0.4) is 0 Å². The highest BCUT2D eigenvalue weighted by Crippen LogP contribution is 2.27. The first-order valence-corrected chi connectivity index (χ1v) is 8.58. The molecular weight excluding hydrogens is 352 g/mol. The highest BCUT2D eigenvalue weighted by Gasteiger charge is 2.14. The number of fused-ring (bicyclic) bond motifs is 1. The lowest BCUT2D eigenvalue weighted by atomic mass is 9.99. The molecule has 26 heavy (non-hydrogen) atoms. The van der Waals surface area contributed by atoms with Crippen molar-refractivity contribution in [1.29, 1.82) is 0 Å². The third kappa shape index (κ3) is 3.58. The first-order valence-electron chi connectivity index (χ1n) is 8.21. The fourth-order valence-corrected chi connectivity index (χ4v) is 3.07. The number of carbonyl (C=O) groups excluding carboxylic acids is 1. The summed E-state index contributed by atoms with van der Waals surface area (Å²) in [6, 6.07) is 11.9. The van der Waals surface area contributed by atoms with E-state index in [0.717, 1.165) is 10.9 Å². The Kier molecular flexibility index (Phi) is 5.00. The molecule has 3 rings (SSSR count). The summed E-state index contributed by atoms with van der Waals surface area (Å²) in [5, 5.41) is 4.22. The molecule has 0 aliphatic carbocycles. The van der Waals surface area contributed by atoms with Gasteiger partial charge in [-0.3, -0.25) is 9.59 Å². The number of amides is 1. The van der Waals surface area contributed by atoms with Crippen LogP contribution in [0.15, 0.2) is 47.3 Å². The molecule has 5 nitrogen and oxygen atoms in total. The molecule has 0 unspecified atom stereocenters. The van der Waals surface area contributed by atoms with Crippen molar-refractivity contribution in [3.63, 3.8) is 0 Å². The van der Waals surface area contributed by atoms with E-state index >= 15 is 0 Å². The number of ether oxygens (including phenoxy) is 1. The molecule has 6 heteroatoms. The maximum atomic E-state index is 12.6. The van der Waals surface area contributed by atoms with Gasteiger partial charge in [0.1, 0.15) is 5.75 Å². The van der Waals surface area contributed by atoms with Gasteiger partial charge in [0.2, 0.25) is 5.56 Å². The van der Waals surface area contributed by atoms with Crippen LogP contribution in [-0.4, -0.2) is 18.0 Å². The number of pyridine rings is 1. The summed E-state index contributed by atoms with van der Waals surface area (Å²) in [5.74, 6) is 0.310. The number of hydrogen-bond donors (Lipinski definition) is 2. The standard InChI is InChI=1S/C20H19ClN2O3/c1-11(2)15-10-19(24)23-17-9-13(5-6-14(15)17)22-20(25)16-8-12(21)4-7-18(16)26-3/h4-11H,1-3H3,(H,22,25)(H,23,24). The maximum Gasteiger partial charge on any atom is 0.259 e. The van der Waals surface area contributed by atoms with E-state index in [9.17, 15) is 9.59 Å². The fourth-order valence-electron chi connectivity index (χ4n) is 2.90. The molecule has 0 saturated heterocycles. The van der Waals surface area contributed by atoms with Gasteiger partial charge in [0, 0.05) is 22.2 Å². The largest absolute Gasteiger partial charge is 0.496 e. The number of benzene rings is 2. The molecule has 0 bridgehead atoms. The Balaban J connectivity index is 1.98. The van der Waals surface area contributed by atoms with Crippen LogP contribution in [0.25, 0.3) is 10.9 Å². The average molecular weight is 371 g/mol. The van der Waals surface area contributed by atoms with Crippen molar-refractivity contribution in [3.8, 4) is 5.75 Å². The number of anilines is 1. The monoisotopic (exact) mass is 370 g/mol. The summed E-state index contributed by atoms with van der Waals surface area (Å²) in [5.41, 5.74) is 2.39. The quantitative estimate of drug-likeness (QED) is 0.706. The van der Waals surface area contributed by atoms with E-state index in [1.165, 1.54) is 7.11 Å². The van der Waals surface area contributed by atoms with Gasteiger partial charge in [-0.2, -0.15) is 0 Å². The van der Waals surface area contributed by atoms with E-state index in [0.29, 0.717) is 27.5 Å². The highest BCUT2D eigenvalue weighted by molar-refractivity contribution is 6.31. The third-order valence-electron chi connectivity index (χ3n) is 4.16. The van der Waals surface area contributed by atoms with Crippen molar-refractivity contribution < 1.29 is 9.53 Å². The van der Waals surface area contributed by atoms with E-state index in [1.54, 1.807) is 36.4 Å². The zero-order chi connectivity index (χ0) is 18.8. The minimum Gasteiger partial charge on any atom is -0.496 e. The molecule has 0 saturated carbocycles. The molecule has 0 fully saturated rings. The number of aromatic nitrogens is 1. The summed E-state index contributed by atoms with van der Waals surface area (Å²) in [7, 11) is 1.49. The van der Waals surface area contributed by atoms with Gasteiger partial charge in [-0.1, -0.05) is 31.5 Å². The van der Waals surface area contributed by atoms with Gasteiger partial charge in [-0.15, -0.1) is 0 Å². The van der Waals surface area contributed by atoms with Gasteiger partial charge in [0.05, 0.1) is 18.2 Å². The lowest BCUT2D eigenvalue weighted by Crippen LogP contribution is -2.14. The Labute approximate surface area is 156 Å². The van der Waals surface area contributed by atoms with Crippen molar-refractivity contribution in [3.05, 3.63) is 69.0 Å². The van der Waals surface area contributed by atoms with E-state index in [2.05, 4.69) is 10.3 Å². The number of methoxy groups -OCH3 is 1. The first-order chi connectivity index (χ1) is 12.4. The van der Waals surface area contributed by atoms with Gasteiger partial charge >= 0.3 is 0 Å². The number of halogens is 1. The Morgan fingerprint density at radius 3 is 2.62 bits per heavy atom. The fraction of sp³-hybridized carbons (Fsp3) is 0.200. The molecule has 2 aromatic carbocycles. The number of rotatable bonds is 4. The van der Waals surface area contributed by atoms with Gasteiger partial charge in [-0.05, 0) is 41.8 Å². The second-order valence-electron chi connectivity index (χ2n) is 6.30. The van der Waals surface area contributed by atoms with E-state index in [4.69, 9.17) is 16.3 Å². The first kappa shape index (κ1) is 18.0. The predicted octanol–water partition coefficient (Wildman–Crippen LogP) is 4.57. The van der Waals surface area contributed by atoms with Gasteiger partial charge in [-0.25, -0.2) is 0 Å². The average Bonchev–Trinajstić information content (AvgIpc) is 2.60. The second kappa shape index (κ2) is 7.22. The molecule has 0 spiro atoms. The maximum absolute atomic E-state index is 12.6. The minimum absolute atomic E-state index is 0.166. The molecule has 1 amide bonds. The molecule has 134 valence electrons. The van der Waals surface area contributed by atoms with Crippen LogP contribution in [0, 0.1) is 0 Å². The van der Waals surface area contributed by atoms with E-state index in [1.807, 2.05) is 19.9 Å². The number of nitrogens with one attached hydrogen (secondary N) is 2. The van der Waals surface area contributed by atoms with E-state index < -0.39 is 0 Å². The molecule has 1 heterocycles. The molecule has 1 aromatic heterocycles. The summed E-state index contributed by atoms with van der Waals surface area (Å²) in [4.78, 5) is 27.3. The van der Waals surface area contributed by atoms with Crippen molar-refractivity contribution in [2.75, 3.05) is 12.4 Å². The van der Waals surface area contributed by atoms with Crippen LogP contribution < -0.4 is 15.6 Å². The van der Waals surface area contributed by atoms with Crippen LogP contribution in [0.1, 0.15) is 35.7 Å². The Hall–Kier alpha value is -2.79. The van der Waals surface area contributed by atoms with Gasteiger partial charge < -0.3 is 15.0 Å². The van der Waals surface area contributed by atoms with Gasteiger partial charge in [0.25, 0.3) is 5.91 Å². The summed E-state index contributed by atoms with van der Waals surface area (Å²) in [6.07, 6.45) is 0. The number of carbonyl (C=O) groups is 1. The van der Waals surface area contributed by atoms with Crippen LogP contribution in [0.2, 0.25) is 5.02 Å². The van der Waals surface area contributed by atoms with Gasteiger partial charge in [0.15, 0.2) is 0 Å². The topological polar surface area (TPSA) is 71.2 Å². The van der Waals surface area contributed by atoms with Crippen molar-refractivity contribution >= 4 is 34.1 Å². The van der Waals surface area contributed by atoms with E-state index in [-0.39, 0.29) is 17.4 Å². The molecule has 3 aromatic rings. The molecule has 2 N–H and O–H groups in total. The Morgan fingerprint density at radius 2 is 1.92 bits per heavy atom. The zero-order valence-electron chi connectivity index (χ0n) is 14.7. The molecule has 0 radical (unpaired) electrons. The minimum atomic E-state index is -0.342. The van der Waals surface area contributed by atoms with Crippen molar-refractivity contribution in [2.24, 2.45) is 0 Å². The zero-order valence-corrected chi connectivity index (χ0v) is 15.5. The SMILES string of the molecule is COc1ccc(Cl)cc1C(=O)Nc1ccc2c(C(C)C)cc(=O)[nH]c2c1. The molecular formula is C20H19ClN2O3. The number of H-pyrrole nitrogens is 1. The summed E-state index contributed by atoms with van der Waals surface area (Å²) in [6.45, 7) is 4.07. The molecule has 0 aliphatic heterocycles. The van der Waals surface area contributed by atoms with Crippen LogP contribution in [0.5, 0.6) is 5.75 Å². The normalized spacial score (nSPS) is 11.0. The predicted molar refractivity (Wildman–Crippen MR) is 105 cm³/mol. The third-order valence-corrected chi connectivity index (χ3v) is 4.40. The highest BCUT2D eigenvalue weighted by atomic mass is 35.5. The van der Waals surface area contributed by atoms with Crippen LogP contribution >= 0.6 is 11.6 Å². The Morgan fingerprint density at radius 1 is 1.15 bits per heavy atom. The molecule has 0 atom stereocenters. The van der Waals surface area contributed by atoms with Crippen LogP contribution in [-0.2, 0) is 0 Å². The lowest BCUT2D eigenvalue weighted by molar-refractivity contribution is 0.102. The molecule has 0 aliphatic rings.